The van der Waals surface area contributed by atoms with Gasteiger partial charge >= 0.3 is 5.97 Å². The molecule has 7 nitrogen and oxygen atoms in total. The quantitative estimate of drug-likeness (QED) is 0.537. The number of amides is 1. The second-order valence-electron chi connectivity index (χ2n) is 8.61. The number of ether oxygens (including phenoxy) is 2. The number of rotatable bonds is 6. The molecular weight excluding hydrogens is 437 g/mol. The van der Waals surface area contributed by atoms with Crippen LogP contribution >= 0.6 is 0 Å². The van der Waals surface area contributed by atoms with E-state index in [9.17, 15) is 14.0 Å². The third-order valence-corrected chi connectivity index (χ3v) is 6.61. The van der Waals surface area contributed by atoms with Crippen molar-refractivity contribution in [2.24, 2.45) is 7.05 Å². The van der Waals surface area contributed by atoms with Crippen LogP contribution in [0.25, 0.3) is 10.9 Å². The van der Waals surface area contributed by atoms with Crippen LogP contribution < -0.4 is 15.0 Å². The number of methoxy groups -OCH3 is 1. The van der Waals surface area contributed by atoms with E-state index in [0.29, 0.717) is 22.4 Å². The maximum atomic E-state index is 13.7. The van der Waals surface area contributed by atoms with Crippen molar-refractivity contribution < 1.29 is 23.5 Å². The van der Waals surface area contributed by atoms with Crippen LogP contribution in [0.4, 0.5) is 15.8 Å². The summed E-state index contributed by atoms with van der Waals surface area (Å²) < 4.78 is 26.5. The molecule has 2 heterocycles. The summed E-state index contributed by atoms with van der Waals surface area (Å²) >= 11 is 0. The van der Waals surface area contributed by atoms with Crippen LogP contribution in [0.3, 0.4) is 0 Å². The molecule has 2 aromatic carbocycles. The first-order chi connectivity index (χ1) is 16.3. The van der Waals surface area contributed by atoms with Gasteiger partial charge in [0.2, 0.25) is 5.91 Å². The molecule has 0 spiro atoms. The molecule has 3 aromatic rings. The van der Waals surface area contributed by atoms with Gasteiger partial charge in [0.25, 0.3) is 0 Å². The van der Waals surface area contributed by atoms with E-state index >= 15 is 0 Å². The summed E-state index contributed by atoms with van der Waals surface area (Å²) in [5.74, 6) is -0.535. The standard InChI is InChI=1S/C26H30FN3O4/c1-6-34-26(32)23-16(3)29(4)20-11-12-21(33-5)25(24(20)23)28-22(31)14-30-15(2)7-8-17-13-18(27)9-10-19(17)30/h9-13,15H,6-8,14H2,1-5H3,(H,28,31)/t15-/m0/s1. The van der Waals surface area contributed by atoms with Crippen molar-refractivity contribution in [3.8, 4) is 5.75 Å². The maximum Gasteiger partial charge on any atom is 0.340 e. The van der Waals surface area contributed by atoms with Gasteiger partial charge in [0, 0.05) is 29.9 Å². The molecule has 1 N–H and O–H groups in total. The fourth-order valence-corrected chi connectivity index (χ4v) is 4.75. The van der Waals surface area contributed by atoms with Gasteiger partial charge in [0.05, 0.1) is 37.0 Å². The average molecular weight is 468 g/mol. The molecule has 1 aromatic heterocycles. The molecule has 180 valence electrons. The third-order valence-electron chi connectivity index (χ3n) is 6.61. The number of carbonyl (C=O) groups is 2. The molecule has 1 aliphatic heterocycles. The first-order valence-corrected chi connectivity index (χ1v) is 11.4. The Morgan fingerprint density at radius 3 is 2.71 bits per heavy atom. The normalized spacial score (nSPS) is 15.2. The SMILES string of the molecule is CCOC(=O)c1c(C)n(C)c2ccc(OC)c(NC(=O)CN3c4ccc(F)cc4CC[C@@H]3C)c12. The molecule has 1 aliphatic rings. The summed E-state index contributed by atoms with van der Waals surface area (Å²) in [6.45, 7) is 5.98. The van der Waals surface area contributed by atoms with Gasteiger partial charge in [-0.25, -0.2) is 9.18 Å². The maximum absolute atomic E-state index is 13.7. The number of esters is 1. The molecule has 0 bridgehead atoms. The van der Waals surface area contributed by atoms with Crippen molar-refractivity contribution in [1.82, 2.24) is 4.57 Å². The summed E-state index contributed by atoms with van der Waals surface area (Å²) in [6, 6.07) is 8.44. The molecule has 1 amide bonds. The van der Waals surface area contributed by atoms with E-state index in [1.165, 1.54) is 19.2 Å². The average Bonchev–Trinajstić information content (AvgIpc) is 3.06. The minimum Gasteiger partial charge on any atom is -0.495 e. The number of hydrogen-bond donors (Lipinski definition) is 1. The first-order valence-electron chi connectivity index (χ1n) is 11.4. The highest BCUT2D eigenvalue weighted by atomic mass is 19.1. The topological polar surface area (TPSA) is 72.8 Å². The van der Waals surface area contributed by atoms with Crippen molar-refractivity contribution in [3.63, 3.8) is 0 Å². The van der Waals surface area contributed by atoms with E-state index in [2.05, 4.69) is 12.2 Å². The monoisotopic (exact) mass is 467 g/mol. The number of aromatic nitrogens is 1. The Morgan fingerprint density at radius 2 is 2.00 bits per heavy atom. The number of anilines is 2. The third kappa shape index (κ3) is 4.08. The first kappa shape index (κ1) is 23.6. The Labute approximate surface area is 198 Å². The number of halogens is 1. The van der Waals surface area contributed by atoms with Gasteiger partial charge in [-0.05, 0) is 69.5 Å². The highest BCUT2D eigenvalue weighted by molar-refractivity contribution is 6.15. The largest absolute Gasteiger partial charge is 0.495 e. The molecule has 1 atom stereocenters. The lowest BCUT2D eigenvalue weighted by atomic mass is 9.96. The van der Waals surface area contributed by atoms with E-state index < -0.39 is 5.97 Å². The Morgan fingerprint density at radius 1 is 1.24 bits per heavy atom. The summed E-state index contributed by atoms with van der Waals surface area (Å²) in [6.07, 6.45) is 1.60. The van der Waals surface area contributed by atoms with Crippen LogP contribution in [0.2, 0.25) is 0 Å². The lowest BCUT2D eigenvalue weighted by Gasteiger charge is -2.36. The predicted octanol–water partition coefficient (Wildman–Crippen LogP) is 4.59. The Bertz CT molecular complexity index is 1270. The summed E-state index contributed by atoms with van der Waals surface area (Å²) in [4.78, 5) is 28.1. The number of nitrogens with zero attached hydrogens (tertiary/aromatic N) is 2. The Balaban J connectivity index is 1.73. The zero-order valence-corrected chi connectivity index (χ0v) is 20.2. The van der Waals surface area contributed by atoms with Gasteiger partial charge in [-0.1, -0.05) is 0 Å². The van der Waals surface area contributed by atoms with Crippen molar-refractivity contribution >= 4 is 34.2 Å². The van der Waals surface area contributed by atoms with E-state index in [4.69, 9.17) is 9.47 Å². The predicted molar refractivity (Wildman–Crippen MR) is 130 cm³/mol. The lowest BCUT2D eigenvalue weighted by Crippen LogP contribution is -2.42. The zero-order valence-electron chi connectivity index (χ0n) is 20.2. The van der Waals surface area contributed by atoms with Crippen molar-refractivity contribution in [2.45, 2.75) is 39.7 Å². The molecular formula is C26H30FN3O4. The summed E-state index contributed by atoms with van der Waals surface area (Å²) in [5, 5.41) is 3.58. The molecule has 0 radical (unpaired) electrons. The van der Waals surface area contributed by atoms with E-state index in [0.717, 1.165) is 35.3 Å². The molecule has 4 rings (SSSR count). The summed E-state index contributed by atoms with van der Waals surface area (Å²) in [7, 11) is 3.39. The molecule has 34 heavy (non-hydrogen) atoms. The Hall–Kier alpha value is -3.55. The second-order valence-corrected chi connectivity index (χ2v) is 8.61. The van der Waals surface area contributed by atoms with E-state index in [-0.39, 0.29) is 30.9 Å². The van der Waals surface area contributed by atoms with Crippen LogP contribution in [0.1, 0.15) is 41.9 Å². The molecule has 0 unspecified atom stereocenters. The minimum absolute atomic E-state index is 0.0832. The van der Waals surface area contributed by atoms with Crippen LogP contribution in [0, 0.1) is 12.7 Å². The fraction of sp³-hybridized carbons (Fsp3) is 0.385. The van der Waals surface area contributed by atoms with Crippen molar-refractivity contribution in [3.05, 3.63) is 53.0 Å². The number of hydrogen-bond acceptors (Lipinski definition) is 5. The van der Waals surface area contributed by atoms with Gasteiger partial charge in [-0.3, -0.25) is 4.79 Å². The number of carbonyl (C=O) groups excluding carboxylic acids is 2. The molecule has 0 saturated carbocycles. The molecule has 0 fully saturated rings. The number of aryl methyl sites for hydroxylation is 2. The van der Waals surface area contributed by atoms with Crippen molar-refractivity contribution in [2.75, 3.05) is 30.5 Å². The Kier molecular flexibility index (Phi) is 6.50. The van der Waals surface area contributed by atoms with Crippen LogP contribution in [0.15, 0.2) is 30.3 Å². The smallest absolute Gasteiger partial charge is 0.340 e. The van der Waals surface area contributed by atoms with E-state index in [1.54, 1.807) is 19.1 Å². The molecule has 8 heteroatoms. The van der Waals surface area contributed by atoms with Gasteiger partial charge in [0.1, 0.15) is 11.6 Å². The highest BCUT2D eigenvalue weighted by Crippen LogP contribution is 2.39. The summed E-state index contributed by atoms with van der Waals surface area (Å²) in [5.41, 5.74) is 4.11. The fourth-order valence-electron chi connectivity index (χ4n) is 4.75. The highest BCUT2D eigenvalue weighted by Gasteiger charge is 2.28. The lowest BCUT2D eigenvalue weighted by molar-refractivity contribution is -0.115. The van der Waals surface area contributed by atoms with Gasteiger partial charge in [-0.15, -0.1) is 0 Å². The number of nitrogens with one attached hydrogen (secondary N) is 1. The van der Waals surface area contributed by atoms with Gasteiger partial charge in [0.15, 0.2) is 0 Å². The zero-order chi connectivity index (χ0) is 24.6. The minimum atomic E-state index is -0.449. The van der Waals surface area contributed by atoms with Crippen LogP contribution in [-0.4, -0.2) is 42.7 Å². The van der Waals surface area contributed by atoms with Crippen LogP contribution in [-0.2, 0) is 23.0 Å². The van der Waals surface area contributed by atoms with Gasteiger partial charge < -0.3 is 24.3 Å². The number of benzene rings is 2. The number of fused-ring (bicyclic) bond motifs is 2. The molecule has 0 aliphatic carbocycles. The molecule has 0 saturated heterocycles. The van der Waals surface area contributed by atoms with Gasteiger partial charge in [-0.2, -0.15) is 0 Å². The van der Waals surface area contributed by atoms with E-state index in [1.807, 2.05) is 29.5 Å². The van der Waals surface area contributed by atoms with Crippen LogP contribution in [0.5, 0.6) is 5.75 Å². The van der Waals surface area contributed by atoms with Crippen molar-refractivity contribution in [1.29, 1.82) is 0 Å². The second kappa shape index (κ2) is 9.37.